The molecule has 1 N–H and O–H groups in total. The fourth-order valence-corrected chi connectivity index (χ4v) is 5.48. The van der Waals surface area contributed by atoms with Gasteiger partial charge in [0.25, 0.3) is 5.91 Å². The maximum atomic E-state index is 12.7. The number of amides is 2. The van der Waals surface area contributed by atoms with E-state index in [1.807, 2.05) is 0 Å². The summed E-state index contributed by atoms with van der Waals surface area (Å²) in [4.78, 5) is 30.8. The molecule has 5 rings (SSSR count). The Hall–Kier alpha value is -1.47. The second-order valence-electron chi connectivity index (χ2n) is 7.85. The number of ether oxygens (including phenoxy) is 1. The van der Waals surface area contributed by atoms with E-state index in [9.17, 15) is 9.59 Å². The van der Waals surface area contributed by atoms with Gasteiger partial charge in [-0.1, -0.05) is 0 Å². The number of carbonyl (C=O) groups excluding carboxylic acids is 2. The Morgan fingerprint density at radius 2 is 2.12 bits per heavy atom. The van der Waals surface area contributed by atoms with Crippen molar-refractivity contribution in [2.75, 3.05) is 26.3 Å². The zero-order chi connectivity index (χ0) is 16.3. The van der Waals surface area contributed by atoms with Crippen LogP contribution < -0.4 is 5.32 Å². The van der Waals surface area contributed by atoms with Crippen LogP contribution in [0.1, 0.15) is 29.8 Å². The molecule has 0 radical (unpaired) electrons. The SMILES string of the molecule is O=C(NC1CC2(CCN(C(=O)C3[C@H]4COC[C@@H]34)C2)C1)c1cscn1. The fraction of sp³-hybridized carbons (Fsp3) is 0.706. The first-order valence-corrected chi connectivity index (χ1v) is 9.65. The van der Waals surface area contributed by atoms with Gasteiger partial charge in [0.2, 0.25) is 5.91 Å². The number of aromatic nitrogens is 1. The average molecular weight is 347 g/mol. The summed E-state index contributed by atoms with van der Waals surface area (Å²) in [5, 5.41) is 4.84. The van der Waals surface area contributed by atoms with E-state index in [4.69, 9.17) is 4.74 Å². The van der Waals surface area contributed by atoms with Crippen LogP contribution in [0.2, 0.25) is 0 Å². The lowest BCUT2D eigenvalue weighted by Gasteiger charge is -2.45. The van der Waals surface area contributed by atoms with Crippen LogP contribution >= 0.6 is 11.3 Å². The molecule has 24 heavy (non-hydrogen) atoms. The second-order valence-corrected chi connectivity index (χ2v) is 8.57. The van der Waals surface area contributed by atoms with Crippen LogP contribution in [0, 0.1) is 23.2 Å². The van der Waals surface area contributed by atoms with Gasteiger partial charge in [0.15, 0.2) is 0 Å². The van der Waals surface area contributed by atoms with E-state index in [1.165, 1.54) is 11.3 Å². The van der Waals surface area contributed by atoms with Gasteiger partial charge in [0.1, 0.15) is 5.69 Å². The highest BCUT2D eigenvalue weighted by Crippen LogP contribution is 2.54. The molecular weight excluding hydrogens is 326 g/mol. The lowest BCUT2D eigenvalue weighted by molar-refractivity contribution is -0.133. The van der Waals surface area contributed by atoms with E-state index >= 15 is 0 Å². The van der Waals surface area contributed by atoms with Gasteiger partial charge < -0.3 is 15.0 Å². The summed E-state index contributed by atoms with van der Waals surface area (Å²) in [5.74, 6) is 1.48. The summed E-state index contributed by atoms with van der Waals surface area (Å²) in [6, 6.07) is 0.225. The molecule has 2 aliphatic carbocycles. The normalized spacial score (nSPS) is 39.6. The highest BCUT2D eigenvalue weighted by atomic mass is 32.1. The van der Waals surface area contributed by atoms with Gasteiger partial charge in [-0.3, -0.25) is 9.59 Å². The first-order chi connectivity index (χ1) is 11.7. The molecule has 1 unspecified atom stereocenters. The highest BCUT2D eigenvalue weighted by Gasteiger charge is 2.60. The highest BCUT2D eigenvalue weighted by molar-refractivity contribution is 7.07. The molecular formula is C17H21N3O3S. The molecule has 4 fully saturated rings. The van der Waals surface area contributed by atoms with Crippen LogP contribution in [0.15, 0.2) is 10.9 Å². The maximum absolute atomic E-state index is 12.7. The van der Waals surface area contributed by atoms with Crippen molar-refractivity contribution in [2.24, 2.45) is 23.2 Å². The van der Waals surface area contributed by atoms with Gasteiger partial charge in [-0.05, 0) is 36.5 Å². The zero-order valence-corrected chi connectivity index (χ0v) is 14.3. The van der Waals surface area contributed by atoms with Crippen molar-refractivity contribution in [3.8, 4) is 0 Å². The molecule has 0 aromatic carbocycles. The van der Waals surface area contributed by atoms with Crippen molar-refractivity contribution in [2.45, 2.75) is 25.3 Å². The minimum atomic E-state index is -0.0761. The summed E-state index contributed by atoms with van der Waals surface area (Å²) in [5.41, 5.74) is 2.42. The largest absolute Gasteiger partial charge is 0.381 e. The van der Waals surface area contributed by atoms with E-state index in [2.05, 4.69) is 15.2 Å². The molecule has 2 saturated carbocycles. The number of hydrogen-bond acceptors (Lipinski definition) is 5. The van der Waals surface area contributed by atoms with Gasteiger partial charge in [-0.25, -0.2) is 4.98 Å². The van der Waals surface area contributed by atoms with Crippen LogP contribution in [0.25, 0.3) is 0 Å². The van der Waals surface area contributed by atoms with Crippen molar-refractivity contribution < 1.29 is 14.3 Å². The van der Waals surface area contributed by atoms with E-state index < -0.39 is 0 Å². The Morgan fingerprint density at radius 3 is 2.83 bits per heavy atom. The summed E-state index contributed by atoms with van der Waals surface area (Å²) in [6.07, 6.45) is 3.03. The van der Waals surface area contributed by atoms with Crippen LogP contribution in [-0.2, 0) is 9.53 Å². The van der Waals surface area contributed by atoms with Crippen LogP contribution in [-0.4, -0.2) is 54.0 Å². The van der Waals surface area contributed by atoms with Gasteiger partial charge in [-0.2, -0.15) is 0 Å². The summed E-state index contributed by atoms with van der Waals surface area (Å²) >= 11 is 1.43. The lowest BCUT2D eigenvalue weighted by Crippen LogP contribution is -2.52. The quantitative estimate of drug-likeness (QED) is 0.890. The van der Waals surface area contributed by atoms with E-state index in [0.29, 0.717) is 23.4 Å². The Labute approximate surface area is 144 Å². The summed E-state index contributed by atoms with van der Waals surface area (Å²) < 4.78 is 5.39. The molecule has 1 spiro atoms. The Bertz CT molecular complexity index is 661. The van der Waals surface area contributed by atoms with Crippen molar-refractivity contribution in [3.05, 3.63) is 16.6 Å². The molecule has 1 aromatic heterocycles. The molecule has 2 saturated heterocycles. The smallest absolute Gasteiger partial charge is 0.270 e. The Balaban J connectivity index is 1.13. The standard InChI is InChI=1S/C17H21N3O3S/c21-15(13-7-24-9-18-13)19-10-3-17(4-10)1-2-20(8-17)16(22)14-11-5-23-6-12(11)14/h7,9-12,14H,1-6,8H2,(H,19,21)/t10?,11-,12+,14?,17?. The van der Waals surface area contributed by atoms with Crippen molar-refractivity contribution in [3.63, 3.8) is 0 Å². The molecule has 128 valence electrons. The molecule has 3 atom stereocenters. The number of thiazole rings is 1. The minimum absolute atomic E-state index is 0.0761. The maximum Gasteiger partial charge on any atom is 0.270 e. The van der Waals surface area contributed by atoms with Gasteiger partial charge in [0, 0.05) is 30.4 Å². The third-order valence-electron chi connectivity index (χ3n) is 6.35. The number of nitrogens with zero attached hydrogens (tertiary/aromatic N) is 2. The molecule has 2 amide bonds. The zero-order valence-electron chi connectivity index (χ0n) is 13.4. The van der Waals surface area contributed by atoms with Crippen LogP contribution in [0.4, 0.5) is 0 Å². The van der Waals surface area contributed by atoms with E-state index in [1.54, 1.807) is 10.9 Å². The number of rotatable bonds is 3. The molecule has 7 heteroatoms. The third kappa shape index (κ3) is 2.29. The first kappa shape index (κ1) is 14.8. The van der Waals surface area contributed by atoms with Gasteiger partial charge in [-0.15, -0.1) is 11.3 Å². The molecule has 6 nitrogen and oxygen atoms in total. The fourth-order valence-electron chi connectivity index (χ4n) is 4.94. The number of nitrogens with one attached hydrogen (secondary N) is 1. The topological polar surface area (TPSA) is 71.5 Å². The van der Waals surface area contributed by atoms with E-state index in [0.717, 1.165) is 45.6 Å². The van der Waals surface area contributed by atoms with Gasteiger partial charge >= 0.3 is 0 Å². The van der Waals surface area contributed by atoms with E-state index in [-0.39, 0.29) is 23.3 Å². The van der Waals surface area contributed by atoms with Crippen LogP contribution in [0.3, 0.4) is 0 Å². The summed E-state index contributed by atoms with van der Waals surface area (Å²) in [7, 11) is 0. The lowest BCUT2D eigenvalue weighted by atomic mass is 9.65. The second kappa shape index (κ2) is 5.26. The van der Waals surface area contributed by atoms with Crippen molar-refractivity contribution in [1.29, 1.82) is 0 Å². The average Bonchev–Trinajstić information content (AvgIpc) is 3.08. The molecule has 2 aliphatic heterocycles. The Morgan fingerprint density at radius 1 is 1.33 bits per heavy atom. The number of fused-ring (bicyclic) bond motifs is 1. The molecule has 0 bridgehead atoms. The third-order valence-corrected chi connectivity index (χ3v) is 6.93. The predicted octanol–water partition coefficient (Wildman–Crippen LogP) is 1.15. The van der Waals surface area contributed by atoms with Crippen LogP contribution in [0.5, 0.6) is 0 Å². The molecule has 1 aromatic rings. The van der Waals surface area contributed by atoms with Gasteiger partial charge in [0.05, 0.1) is 18.7 Å². The molecule has 3 heterocycles. The minimum Gasteiger partial charge on any atom is -0.381 e. The van der Waals surface area contributed by atoms with Crippen molar-refractivity contribution in [1.82, 2.24) is 15.2 Å². The Kier molecular flexibility index (Phi) is 3.25. The molecule has 4 aliphatic rings. The first-order valence-electron chi connectivity index (χ1n) is 8.71. The summed E-state index contributed by atoms with van der Waals surface area (Å²) in [6.45, 7) is 3.28. The predicted molar refractivity (Wildman–Crippen MR) is 87.5 cm³/mol. The monoisotopic (exact) mass is 347 g/mol. The number of carbonyl (C=O) groups is 2. The number of hydrogen-bond donors (Lipinski definition) is 1. The number of likely N-dealkylation sites (tertiary alicyclic amines) is 1. The van der Waals surface area contributed by atoms with Crippen molar-refractivity contribution >= 4 is 23.2 Å².